The molecule has 0 unspecified atom stereocenters. The maximum Gasteiger partial charge on any atom is 0.341 e. The first-order valence-corrected chi connectivity index (χ1v) is 8.15. The quantitative estimate of drug-likeness (QED) is 0.634. The predicted octanol–water partition coefficient (Wildman–Crippen LogP) is 2.82. The highest BCUT2D eigenvalue weighted by Crippen LogP contribution is 2.21. The van der Waals surface area contributed by atoms with E-state index >= 15 is 0 Å². The van der Waals surface area contributed by atoms with E-state index in [1.165, 1.54) is 0 Å². The van der Waals surface area contributed by atoms with Gasteiger partial charge in [-0.15, -0.1) is 0 Å². The van der Waals surface area contributed by atoms with Crippen LogP contribution in [0.5, 0.6) is 11.5 Å². The van der Waals surface area contributed by atoms with Gasteiger partial charge in [0.05, 0.1) is 12.2 Å². The number of nitrogens with one attached hydrogen (secondary N) is 1. The molecule has 2 aromatic rings. The predicted molar refractivity (Wildman–Crippen MR) is 96.0 cm³/mol. The largest absolute Gasteiger partial charge is 0.490 e. The zero-order valence-electron chi connectivity index (χ0n) is 14.4. The van der Waals surface area contributed by atoms with E-state index in [0.717, 1.165) is 0 Å². The first-order chi connectivity index (χ1) is 12.6. The van der Waals surface area contributed by atoms with Crippen molar-refractivity contribution in [1.82, 2.24) is 0 Å². The van der Waals surface area contributed by atoms with Crippen molar-refractivity contribution >= 4 is 17.6 Å². The van der Waals surface area contributed by atoms with Crippen molar-refractivity contribution in [2.45, 2.75) is 6.92 Å². The summed E-state index contributed by atoms with van der Waals surface area (Å²) in [5.41, 5.74) is 0.969. The van der Waals surface area contributed by atoms with Crippen LogP contribution in [0, 0.1) is 0 Å². The van der Waals surface area contributed by atoms with Crippen LogP contribution in [0.3, 0.4) is 0 Å². The van der Waals surface area contributed by atoms with Crippen molar-refractivity contribution in [2.75, 3.05) is 31.7 Å². The highest BCUT2D eigenvalue weighted by Gasteiger charge is 2.12. The van der Waals surface area contributed by atoms with Crippen LogP contribution in [0.15, 0.2) is 48.5 Å². The number of carboxylic acids is 1. The lowest BCUT2D eigenvalue weighted by Gasteiger charge is -2.12. The molecule has 26 heavy (non-hydrogen) atoms. The summed E-state index contributed by atoms with van der Waals surface area (Å²) in [5, 5.41) is 11.4. The van der Waals surface area contributed by atoms with Gasteiger partial charge in [0, 0.05) is 12.3 Å². The van der Waals surface area contributed by atoms with E-state index in [0.29, 0.717) is 42.6 Å². The molecule has 0 aliphatic rings. The Labute approximate surface area is 151 Å². The van der Waals surface area contributed by atoms with Crippen LogP contribution in [-0.2, 0) is 9.53 Å². The molecule has 0 fully saturated rings. The van der Waals surface area contributed by atoms with Crippen molar-refractivity contribution in [1.29, 1.82) is 0 Å². The Hall–Kier alpha value is -3.06. The fourth-order valence-electron chi connectivity index (χ4n) is 2.11. The van der Waals surface area contributed by atoms with E-state index in [1.807, 2.05) is 6.92 Å². The second-order valence-corrected chi connectivity index (χ2v) is 5.20. The zero-order chi connectivity index (χ0) is 18.8. The lowest BCUT2D eigenvalue weighted by Crippen LogP contribution is -2.15. The van der Waals surface area contributed by atoms with Gasteiger partial charge in [-0.1, -0.05) is 12.1 Å². The van der Waals surface area contributed by atoms with Crippen LogP contribution in [-0.4, -0.2) is 43.4 Å². The van der Waals surface area contributed by atoms with Crippen LogP contribution < -0.4 is 14.8 Å². The molecule has 0 saturated heterocycles. The van der Waals surface area contributed by atoms with Gasteiger partial charge in [0.2, 0.25) is 0 Å². The molecule has 0 saturated carbocycles. The Morgan fingerprint density at radius 1 is 1.00 bits per heavy atom. The van der Waals surface area contributed by atoms with E-state index in [9.17, 15) is 9.59 Å². The Morgan fingerprint density at radius 3 is 2.42 bits per heavy atom. The number of anilines is 1. The maximum atomic E-state index is 12.5. The van der Waals surface area contributed by atoms with Crippen molar-refractivity contribution in [3.05, 3.63) is 54.1 Å². The highest BCUT2D eigenvalue weighted by atomic mass is 16.5. The first kappa shape index (κ1) is 19.3. The number of carbonyl (C=O) groups is 2. The third-order valence-corrected chi connectivity index (χ3v) is 3.30. The molecule has 0 aliphatic carbocycles. The van der Waals surface area contributed by atoms with Crippen LogP contribution in [0.2, 0.25) is 0 Å². The van der Waals surface area contributed by atoms with Crippen LogP contribution >= 0.6 is 0 Å². The molecule has 0 heterocycles. The number of carbonyl (C=O) groups excluding carboxylic acids is 1. The van der Waals surface area contributed by atoms with Crippen molar-refractivity contribution < 1.29 is 28.9 Å². The molecule has 138 valence electrons. The summed E-state index contributed by atoms with van der Waals surface area (Å²) >= 11 is 0. The molecule has 2 aromatic carbocycles. The summed E-state index contributed by atoms with van der Waals surface area (Å²) in [6, 6.07) is 13.4. The van der Waals surface area contributed by atoms with Gasteiger partial charge < -0.3 is 24.6 Å². The second-order valence-electron chi connectivity index (χ2n) is 5.20. The van der Waals surface area contributed by atoms with Gasteiger partial charge in [-0.05, 0) is 43.3 Å². The number of carboxylic acid groups (broad SMARTS) is 1. The standard InChI is InChI=1S/C19H21NO6/c1-2-24-11-12-25-17-6-4-3-5-16(17)19(23)20-14-7-9-15(10-8-14)26-13-18(21)22/h3-10H,2,11-13H2,1H3,(H,20,23)(H,21,22). The lowest BCUT2D eigenvalue weighted by atomic mass is 10.2. The van der Waals surface area contributed by atoms with Gasteiger partial charge in [0.25, 0.3) is 5.91 Å². The summed E-state index contributed by atoms with van der Waals surface area (Å²) in [5.74, 6) is -0.476. The van der Waals surface area contributed by atoms with Gasteiger partial charge in [-0.3, -0.25) is 4.79 Å². The summed E-state index contributed by atoms with van der Waals surface area (Å²) in [6.07, 6.45) is 0. The minimum absolute atomic E-state index is 0.309. The van der Waals surface area contributed by atoms with Crippen molar-refractivity contribution in [2.24, 2.45) is 0 Å². The molecule has 0 atom stereocenters. The monoisotopic (exact) mass is 359 g/mol. The SMILES string of the molecule is CCOCCOc1ccccc1C(=O)Nc1ccc(OCC(=O)O)cc1. The van der Waals surface area contributed by atoms with E-state index in [2.05, 4.69) is 5.32 Å². The molecule has 0 spiro atoms. The molecule has 0 radical (unpaired) electrons. The van der Waals surface area contributed by atoms with Crippen molar-refractivity contribution in [3.63, 3.8) is 0 Å². The average molecular weight is 359 g/mol. The van der Waals surface area contributed by atoms with E-state index in [-0.39, 0.29) is 5.91 Å². The van der Waals surface area contributed by atoms with Gasteiger partial charge in [-0.2, -0.15) is 0 Å². The van der Waals surface area contributed by atoms with Crippen LogP contribution in [0.1, 0.15) is 17.3 Å². The molecule has 0 aliphatic heterocycles. The Balaban J connectivity index is 1.97. The number of aliphatic carboxylic acids is 1. The Bertz CT molecular complexity index is 729. The number of amides is 1. The van der Waals surface area contributed by atoms with Gasteiger partial charge in [0.15, 0.2) is 6.61 Å². The van der Waals surface area contributed by atoms with Gasteiger partial charge in [0.1, 0.15) is 18.1 Å². The van der Waals surface area contributed by atoms with Crippen LogP contribution in [0.25, 0.3) is 0 Å². The molecular weight excluding hydrogens is 338 g/mol. The van der Waals surface area contributed by atoms with Gasteiger partial charge >= 0.3 is 5.97 Å². The summed E-state index contributed by atoms with van der Waals surface area (Å²) in [7, 11) is 0. The normalized spacial score (nSPS) is 10.2. The Morgan fingerprint density at radius 2 is 1.73 bits per heavy atom. The number of benzene rings is 2. The third kappa shape index (κ3) is 6.10. The lowest BCUT2D eigenvalue weighted by molar-refractivity contribution is -0.139. The first-order valence-electron chi connectivity index (χ1n) is 8.15. The minimum Gasteiger partial charge on any atom is -0.490 e. The van der Waals surface area contributed by atoms with E-state index in [4.69, 9.17) is 19.3 Å². The average Bonchev–Trinajstić information content (AvgIpc) is 2.65. The van der Waals surface area contributed by atoms with Crippen LogP contribution in [0.4, 0.5) is 5.69 Å². The maximum absolute atomic E-state index is 12.5. The molecule has 0 aromatic heterocycles. The molecule has 1 amide bonds. The molecular formula is C19H21NO6. The molecule has 2 N–H and O–H groups in total. The highest BCUT2D eigenvalue weighted by molar-refractivity contribution is 6.06. The third-order valence-electron chi connectivity index (χ3n) is 3.30. The molecule has 7 nitrogen and oxygen atoms in total. The number of ether oxygens (including phenoxy) is 3. The smallest absolute Gasteiger partial charge is 0.341 e. The fraction of sp³-hybridized carbons (Fsp3) is 0.263. The molecule has 7 heteroatoms. The number of rotatable bonds is 10. The summed E-state index contributed by atoms with van der Waals surface area (Å²) in [4.78, 5) is 23.0. The molecule has 0 bridgehead atoms. The number of hydrogen-bond donors (Lipinski definition) is 2. The van der Waals surface area contributed by atoms with Gasteiger partial charge in [-0.25, -0.2) is 4.79 Å². The minimum atomic E-state index is -1.05. The summed E-state index contributed by atoms with van der Waals surface area (Å²) in [6.45, 7) is 2.90. The fourth-order valence-corrected chi connectivity index (χ4v) is 2.11. The topological polar surface area (TPSA) is 94.1 Å². The van der Waals surface area contributed by atoms with Crippen molar-refractivity contribution in [3.8, 4) is 11.5 Å². The summed E-state index contributed by atoms with van der Waals surface area (Å²) < 4.78 is 15.9. The Kier molecular flexibility index (Phi) is 7.45. The second kappa shape index (κ2) is 10.0. The number of para-hydroxylation sites is 1. The van der Waals surface area contributed by atoms with E-state index in [1.54, 1.807) is 48.5 Å². The molecule has 2 rings (SSSR count). The van der Waals surface area contributed by atoms with E-state index < -0.39 is 12.6 Å². The number of hydrogen-bond acceptors (Lipinski definition) is 5. The zero-order valence-corrected chi connectivity index (χ0v) is 14.4.